The summed E-state index contributed by atoms with van der Waals surface area (Å²) in [5.74, 6) is 0. The van der Waals surface area contributed by atoms with Gasteiger partial charge in [-0.1, -0.05) is 12.1 Å². The highest BCUT2D eigenvalue weighted by atomic mass is 32.1. The molecule has 0 saturated carbocycles. The maximum atomic E-state index is 5.88. The first kappa shape index (κ1) is 20.6. The second kappa shape index (κ2) is 7.88. The number of aryl methyl sites for hydroxylation is 3. The van der Waals surface area contributed by atoms with Gasteiger partial charge in [0.1, 0.15) is 0 Å². The molecule has 1 saturated heterocycles. The first-order chi connectivity index (χ1) is 14.3. The predicted octanol–water partition coefficient (Wildman–Crippen LogP) is 5.87. The van der Waals surface area contributed by atoms with Gasteiger partial charge in [-0.05, 0) is 101 Å². The number of rotatable bonds is 4. The number of nitrogens with zero attached hydrogens (tertiary/aromatic N) is 3. The fourth-order valence-corrected chi connectivity index (χ4v) is 5.28. The molecule has 0 bridgehead atoms. The van der Waals surface area contributed by atoms with Gasteiger partial charge >= 0.3 is 0 Å². The SMILES string of the molecule is Cc1cc(C)cc(N2C(=S)NC(c3ccccn3)C2c2cc(C)n(C(C)C)c2C)c1. The van der Waals surface area contributed by atoms with Crippen LogP contribution in [0.4, 0.5) is 5.69 Å². The van der Waals surface area contributed by atoms with Crippen molar-refractivity contribution < 1.29 is 0 Å². The van der Waals surface area contributed by atoms with Crippen LogP contribution in [0.25, 0.3) is 0 Å². The lowest BCUT2D eigenvalue weighted by Gasteiger charge is -2.29. The van der Waals surface area contributed by atoms with E-state index < -0.39 is 0 Å². The van der Waals surface area contributed by atoms with E-state index in [1.165, 1.54) is 28.1 Å². The Morgan fingerprint density at radius 1 is 1.00 bits per heavy atom. The van der Waals surface area contributed by atoms with Gasteiger partial charge in [0.15, 0.2) is 5.11 Å². The van der Waals surface area contributed by atoms with Crippen LogP contribution in [0.5, 0.6) is 0 Å². The largest absolute Gasteiger partial charge is 0.351 e. The summed E-state index contributed by atoms with van der Waals surface area (Å²) in [6.45, 7) is 13.2. The molecule has 1 aliphatic heterocycles. The first-order valence-electron chi connectivity index (χ1n) is 10.5. The molecule has 0 radical (unpaired) electrons. The van der Waals surface area contributed by atoms with E-state index in [1.54, 1.807) is 0 Å². The maximum Gasteiger partial charge on any atom is 0.174 e. The van der Waals surface area contributed by atoms with Crippen LogP contribution in [-0.4, -0.2) is 14.7 Å². The Hall–Kier alpha value is -2.66. The Kier molecular flexibility index (Phi) is 5.41. The zero-order valence-corrected chi connectivity index (χ0v) is 19.4. The van der Waals surface area contributed by atoms with Crippen molar-refractivity contribution in [2.45, 2.75) is 59.7 Å². The Labute approximate surface area is 184 Å². The molecule has 0 aliphatic carbocycles. The van der Waals surface area contributed by atoms with Gasteiger partial charge < -0.3 is 14.8 Å². The van der Waals surface area contributed by atoms with Crippen molar-refractivity contribution in [3.63, 3.8) is 0 Å². The Bertz CT molecular complexity index is 1060. The molecule has 4 nitrogen and oxygen atoms in total. The molecular weight excluding hydrogens is 388 g/mol. The molecule has 5 heteroatoms. The third-order valence-corrected chi connectivity index (χ3v) is 6.26. The smallest absolute Gasteiger partial charge is 0.174 e. The van der Waals surface area contributed by atoms with Crippen LogP contribution < -0.4 is 10.2 Å². The molecule has 1 aromatic carbocycles. The molecule has 3 aromatic rings. The van der Waals surface area contributed by atoms with Crippen LogP contribution in [0.3, 0.4) is 0 Å². The van der Waals surface area contributed by atoms with Gasteiger partial charge in [0, 0.05) is 29.3 Å². The van der Waals surface area contributed by atoms with Gasteiger partial charge in [-0.3, -0.25) is 4.98 Å². The second-order valence-electron chi connectivity index (χ2n) is 8.63. The van der Waals surface area contributed by atoms with E-state index in [1.807, 2.05) is 18.3 Å². The Morgan fingerprint density at radius 3 is 2.27 bits per heavy atom. The average molecular weight is 419 g/mol. The Morgan fingerprint density at radius 2 is 1.70 bits per heavy atom. The molecule has 156 valence electrons. The summed E-state index contributed by atoms with van der Waals surface area (Å²) >= 11 is 5.88. The third kappa shape index (κ3) is 3.52. The van der Waals surface area contributed by atoms with E-state index in [-0.39, 0.29) is 12.1 Å². The van der Waals surface area contributed by atoms with Crippen LogP contribution in [-0.2, 0) is 0 Å². The van der Waals surface area contributed by atoms with Crippen LogP contribution in [0, 0.1) is 27.7 Å². The summed E-state index contributed by atoms with van der Waals surface area (Å²) in [7, 11) is 0. The molecule has 30 heavy (non-hydrogen) atoms. The summed E-state index contributed by atoms with van der Waals surface area (Å²) in [6.07, 6.45) is 1.86. The maximum absolute atomic E-state index is 5.88. The van der Waals surface area contributed by atoms with Gasteiger partial charge in [-0.25, -0.2) is 0 Å². The zero-order valence-electron chi connectivity index (χ0n) is 18.6. The number of benzene rings is 1. The normalized spacial score (nSPS) is 18.9. The minimum atomic E-state index is -0.0133. The second-order valence-corrected chi connectivity index (χ2v) is 9.02. The minimum absolute atomic E-state index is 0.0133. The van der Waals surface area contributed by atoms with Crippen molar-refractivity contribution in [2.24, 2.45) is 0 Å². The lowest BCUT2D eigenvalue weighted by Crippen LogP contribution is -2.29. The van der Waals surface area contributed by atoms with Crippen LogP contribution >= 0.6 is 12.2 Å². The number of anilines is 1. The van der Waals surface area contributed by atoms with Crippen LogP contribution in [0.15, 0.2) is 48.7 Å². The van der Waals surface area contributed by atoms with Gasteiger partial charge in [0.2, 0.25) is 0 Å². The van der Waals surface area contributed by atoms with E-state index in [0.717, 1.165) is 16.5 Å². The van der Waals surface area contributed by atoms with Crippen molar-refractivity contribution in [1.29, 1.82) is 0 Å². The summed E-state index contributed by atoms with van der Waals surface area (Å²) in [4.78, 5) is 6.95. The molecular formula is C25H30N4S. The summed E-state index contributed by atoms with van der Waals surface area (Å²) in [6, 6.07) is 15.5. The average Bonchev–Trinajstić information content (AvgIpc) is 3.17. The monoisotopic (exact) mass is 418 g/mol. The van der Waals surface area contributed by atoms with E-state index in [2.05, 4.69) is 91.6 Å². The number of nitrogens with one attached hydrogen (secondary N) is 1. The molecule has 0 spiro atoms. The van der Waals surface area contributed by atoms with E-state index in [9.17, 15) is 0 Å². The van der Waals surface area contributed by atoms with Crippen molar-refractivity contribution in [2.75, 3.05) is 4.90 Å². The predicted molar refractivity (Wildman–Crippen MR) is 128 cm³/mol. The molecule has 1 N–H and O–H groups in total. The van der Waals surface area contributed by atoms with Crippen LogP contribution in [0.1, 0.15) is 65.7 Å². The van der Waals surface area contributed by atoms with Crippen LogP contribution in [0.2, 0.25) is 0 Å². The van der Waals surface area contributed by atoms with Crippen molar-refractivity contribution in [1.82, 2.24) is 14.9 Å². The van der Waals surface area contributed by atoms with Crippen molar-refractivity contribution >= 4 is 23.0 Å². The quantitative estimate of drug-likeness (QED) is 0.537. The lowest BCUT2D eigenvalue weighted by molar-refractivity contribution is 0.547. The molecule has 4 rings (SSSR count). The highest BCUT2D eigenvalue weighted by Gasteiger charge is 2.42. The molecule has 2 unspecified atom stereocenters. The molecule has 0 amide bonds. The van der Waals surface area contributed by atoms with E-state index >= 15 is 0 Å². The molecule has 1 aliphatic rings. The standard InChI is InChI=1S/C25H30N4S/c1-15(2)28-18(5)14-21(19(28)6)24-23(22-9-7-8-10-26-22)27-25(30)29(24)20-12-16(3)11-17(4)13-20/h7-15,23-24H,1-6H3,(H,27,30). The van der Waals surface area contributed by atoms with Crippen molar-refractivity contribution in [3.05, 3.63) is 82.4 Å². The molecule has 2 atom stereocenters. The number of hydrogen-bond acceptors (Lipinski definition) is 2. The minimum Gasteiger partial charge on any atom is -0.351 e. The number of hydrogen-bond donors (Lipinski definition) is 1. The fraction of sp³-hybridized carbons (Fsp3) is 0.360. The molecule has 1 fully saturated rings. The fourth-order valence-electron chi connectivity index (χ4n) is 4.94. The number of thiocarbonyl (C=S) groups is 1. The lowest BCUT2D eigenvalue weighted by atomic mass is 9.96. The van der Waals surface area contributed by atoms with Gasteiger partial charge in [0.05, 0.1) is 17.8 Å². The van der Waals surface area contributed by atoms with Gasteiger partial charge in [-0.15, -0.1) is 0 Å². The summed E-state index contributed by atoms with van der Waals surface area (Å²) in [5.41, 5.74) is 8.46. The van der Waals surface area contributed by atoms with Gasteiger partial charge in [0.25, 0.3) is 0 Å². The first-order valence-corrected chi connectivity index (χ1v) is 11.0. The number of aromatic nitrogens is 2. The molecule has 3 heterocycles. The molecule has 2 aromatic heterocycles. The van der Waals surface area contributed by atoms with Crippen molar-refractivity contribution in [3.8, 4) is 0 Å². The van der Waals surface area contributed by atoms with Gasteiger partial charge in [-0.2, -0.15) is 0 Å². The summed E-state index contributed by atoms with van der Waals surface area (Å²) in [5, 5.41) is 4.32. The number of pyridine rings is 1. The summed E-state index contributed by atoms with van der Waals surface area (Å²) < 4.78 is 2.41. The Balaban J connectivity index is 1.91. The van der Waals surface area contributed by atoms with E-state index in [0.29, 0.717) is 6.04 Å². The van der Waals surface area contributed by atoms with E-state index in [4.69, 9.17) is 12.2 Å². The third-order valence-electron chi connectivity index (χ3n) is 5.94. The highest BCUT2D eigenvalue weighted by molar-refractivity contribution is 7.80. The zero-order chi connectivity index (χ0) is 21.6. The topological polar surface area (TPSA) is 33.1 Å². The highest BCUT2D eigenvalue weighted by Crippen LogP contribution is 2.44.